The van der Waals surface area contributed by atoms with E-state index in [1.54, 1.807) is 23.0 Å². The van der Waals surface area contributed by atoms with Gasteiger partial charge in [-0.1, -0.05) is 24.6 Å². The van der Waals surface area contributed by atoms with Gasteiger partial charge >= 0.3 is 0 Å². The Kier molecular flexibility index (Phi) is 4.41. The second kappa shape index (κ2) is 6.82. The molecule has 2 heterocycles. The van der Waals surface area contributed by atoms with Crippen LogP contribution >= 0.6 is 0 Å². The first kappa shape index (κ1) is 14.9. The molecular weight excluding hydrogens is 294 g/mol. The highest BCUT2D eigenvalue weighted by molar-refractivity contribution is 5.94. The highest BCUT2D eigenvalue weighted by Gasteiger charge is 2.19. The number of benzene rings is 1. The molecule has 0 saturated heterocycles. The lowest BCUT2D eigenvalue weighted by molar-refractivity contribution is 0.0932. The Morgan fingerprint density at radius 1 is 1.39 bits per heavy atom. The Bertz CT molecular complexity index is 752. The number of hydrogen-bond donors (Lipinski definition) is 2. The standard InChI is InChI=1S/C15H17N7O/c1-2-5-13(14-18-20-21-19-14)17-15(23)11-6-3-7-12(10-11)22-9-4-8-16-22/h3-4,6-10,13H,2,5H2,1H3,(H,17,23)(H,18,19,20,21). The molecule has 0 fully saturated rings. The number of aromatic nitrogens is 6. The molecule has 1 atom stereocenters. The summed E-state index contributed by atoms with van der Waals surface area (Å²) in [5.41, 5.74) is 1.39. The molecule has 1 amide bonds. The van der Waals surface area contributed by atoms with Crippen LogP contribution in [0.4, 0.5) is 0 Å². The van der Waals surface area contributed by atoms with Crippen molar-refractivity contribution in [2.45, 2.75) is 25.8 Å². The largest absolute Gasteiger partial charge is 0.342 e. The van der Waals surface area contributed by atoms with Crippen molar-refractivity contribution in [3.8, 4) is 5.69 Å². The van der Waals surface area contributed by atoms with E-state index in [0.717, 1.165) is 18.5 Å². The third-order valence-electron chi connectivity index (χ3n) is 3.43. The summed E-state index contributed by atoms with van der Waals surface area (Å²) in [6, 6.07) is 8.85. The Labute approximate surface area is 132 Å². The summed E-state index contributed by atoms with van der Waals surface area (Å²) < 4.78 is 1.71. The van der Waals surface area contributed by atoms with E-state index < -0.39 is 0 Å². The van der Waals surface area contributed by atoms with E-state index in [9.17, 15) is 4.79 Å². The van der Waals surface area contributed by atoms with E-state index in [1.807, 2.05) is 31.3 Å². The van der Waals surface area contributed by atoms with E-state index in [2.05, 4.69) is 31.0 Å². The van der Waals surface area contributed by atoms with Crippen LogP contribution in [0.2, 0.25) is 0 Å². The first-order valence-corrected chi connectivity index (χ1v) is 7.42. The van der Waals surface area contributed by atoms with Gasteiger partial charge in [0.1, 0.15) is 0 Å². The molecule has 0 bridgehead atoms. The molecule has 2 N–H and O–H groups in total. The van der Waals surface area contributed by atoms with E-state index in [-0.39, 0.29) is 11.9 Å². The van der Waals surface area contributed by atoms with Gasteiger partial charge in [0.05, 0.1) is 11.7 Å². The summed E-state index contributed by atoms with van der Waals surface area (Å²) in [7, 11) is 0. The third kappa shape index (κ3) is 3.42. The van der Waals surface area contributed by atoms with Crippen molar-refractivity contribution in [1.82, 2.24) is 35.7 Å². The smallest absolute Gasteiger partial charge is 0.251 e. The summed E-state index contributed by atoms with van der Waals surface area (Å²) >= 11 is 0. The quantitative estimate of drug-likeness (QED) is 0.721. The zero-order valence-electron chi connectivity index (χ0n) is 12.7. The van der Waals surface area contributed by atoms with Crippen LogP contribution in [0.1, 0.15) is 42.0 Å². The lowest BCUT2D eigenvalue weighted by atomic mass is 10.1. The Morgan fingerprint density at radius 3 is 3.00 bits per heavy atom. The fraction of sp³-hybridized carbons (Fsp3) is 0.267. The number of amides is 1. The van der Waals surface area contributed by atoms with Crippen LogP contribution in [0.5, 0.6) is 0 Å². The van der Waals surface area contributed by atoms with Crippen molar-refractivity contribution >= 4 is 5.91 Å². The topological polar surface area (TPSA) is 101 Å². The third-order valence-corrected chi connectivity index (χ3v) is 3.43. The number of rotatable bonds is 6. The van der Waals surface area contributed by atoms with Gasteiger partial charge < -0.3 is 5.32 Å². The van der Waals surface area contributed by atoms with Crippen LogP contribution in [0.3, 0.4) is 0 Å². The summed E-state index contributed by atoms with van der Waals surface area (Å²) in [5.74, 6) is 0.311. The second-order valence-electron chi connectivity index (χ2n) is 5.09. The maximum absolute atomic E-state index is 12.5. The molecule has 1 unspecified atom stereocenters. The highest BCUT2D eigenvalue weighted by atomic mass is 16.1. The maximum Gasteiger partial charge on any atom is 0.251 e. The fourth-order valence-electron chi connectivity index (χ4n) is 2.32. The predicted octanol–water partition coefficient (Wildman–Crippen LogP) is 1.66. The average molecular weight is 311 g/mol. The first-order valence-electron chi connectivity index (χ1n) is 7.42. The van der Waals surface area contributed by atoms with Gasteiger partial charge in [0.2, 0.25) is 0 Å². The van der Waals surface area contributed by atoms with Crippen molar-refractivity contribution in [2.75, 3.05) is 0 Å². The van der Waals surface area contributed by atoms with Crippen LogP contribution in [0.15, 0.2) is 42.7 Å². The zero-order valence-corrected chi connectivity index (χ0v) is 12.7. The normalized spacial score (nSPS) is 12.0. The van der Waals surface area contributed by atoms with Crippen LogP contribution in [-0.2, 0) is 0 Å². The maximum atomic E-state index is 12.5. The van der Waals surface area contributed by atoms with Crippen molar-refractivity contribution in [2.24, 2.45) is 0 Å². The fourth-order valence-corrected chi connectivity index (χ4v) is 2.32. The average Bonchev–Trinajstić information content (AvgIpc) is 3.28. The number of carbonyl (C=O) groups excluding carboxylic acids is 1. The molecule has 23 heavy (non-hydrogen) atoms. The molecule has 3 aromatic rings. The summed E-state index contributed by atoms with van der Waals surface area (Å²) in [6.07, 6.45) is 5.16. The molecule has 0 aliphatic rings. The van der Waals surface area contributed by atoms with Gasteiger partial charge in [-0.25, -0.2) is 4.68 Å². The first-order chi connectivity index (χ1) is 11.3. The molecule has 2 aromatic heterocycles. The van der Waals surface area contributed by atoms with Crippen molar-refractivity contribution in [3.63, 3.8) is 0 Å². The number of carbonyl (C=O) groups is 1. The van der Waals surface area contributed by atoms with E-state index in [4.69, 9.17) is 0 Å². The Balaban J connectivity index is 1.78. The van der Waals surface area contributed by atoms with Gasteiger partial charge in [0.15, 0.2) is 5.82 Å². The van der Waals surface area contributed by atoms with Gasteiger partial charge in [0, 0.05) is 18.0 Å². The van der Waals surface area contributed by atoms with Crippen molar-refractivity contribution in [3.05, 3.63) is 54.1 Å². The second-order valence-corrected chi connectivity index (χ2v) is 5.09. The molecule has 0 spiro atoms. The molecule has 8 heteroatoms. The summed E-state index contributed by atoms with van der Waals surface area (Å²) in [6.45, 7) is 2.04. The number of aromatic amines is 1. The van der Waals surface area contributed by atoms with Gasteiger partial charge in [-0.05, 0) is 30.7 Å². The van der Waals surface area contributed by atoms with E-state index in [1.165, 1.54) is 0 Å². The zero-order chi connectivity index (χ0) is 16.1. The van der Waals surface area contributed by atoms with Crippen molar-refractivity contribution in [1.29, 1.82) is 0 Å². The molecule has 0 aliphatic heterocycles. The summed E-state index contributed by atoms with van der Waals surface area (Å²) in [5, 5.41) is 21.0. The molecule has 0 saturated carbocycles. The number of hydrogen-bond acceptors (Lipinski definition) is 5. The molecular formula is C15H17N7O. The molecule has 3 rings (SSSR count). The van der Waals surface area contributed by atoms with Gasteiger partial charge in [-0.15, -0.1) is 10.2 Å². The number of nitrogens with one attached hydrogen (secondary N) is 2. The number of H-pyrrole nitrogens is 1. The Morgan fingerprint density at radius 2 is 2.30 bits per heavy atom. The lowest BCUT2D eigenvalue weighted by Gasteiger charge is -2.14. The number of nitrogens with zero attached hydrogens (tertiary/aromatic N) is 5. The van der Waals surface area contributed by atoms with Crippen LogP contribution in [0.25, 0.3) is 5.69 Å². The van der Waals surface area contributed by atoms with Crippen LogP contribution in [0, 0.1) is 0 Å². The van der Waals surface area contributed by atoms with E-state index >= 15 is 0 Å². The Hall–Kier alpha value is -3.03. The van der Waals surface area contributed by atoms with Crippen molar-refractivity contribution < 1.29 is 4.79 Å². The molecule has 8 nitrogen and oxygen atoms in total. The lowest BCUT2D eigenvalue weighted by Crippen LogP contribution is -2.29. The molecule has 1 aromatic carbocycles. The minimum Gasteiger partial charge on any atom is -0.342 e. The summed E-state index contributed by atoms with van der Waals surface area (Å²) in [4.78, 5) is 12.5. The van der Waals surface area contributed by atoms with Crippen LogP contribution < -0.4 is 5.32 Å². The van der Waals surface area contributed by atoms with E-state index in [0.29, 0.717) is 11.4 Å². The van der Waals surface area contributed by atoms with Crippen LogP contribution in [-0.4, -0.2) is 36.3 Å². The predicted molar refractivity (Wildman–Crippen MR) is 82.9 cm³/mol. The monoisotopic (exact) mass is 311 g/mol. The SMILES string of the molecule is CCCC(NC(=O)c1cccc(-n2cccn2)c1)c1nn[nH]n1. The number of tetrazole rings is 1. The van der Waals surface area contributed by atoms with Gasteiger partial charge in [0.25, 0.3) is 5.91 Å². The molecule has 0 aliphatic carbocycles. The minimum atomic E-state index is -0.264. The molecule has 0 radical (unpaired) electrons. The van der Waals surface area contributed by atoms with Gasteiger partial charge in [-0.2, -0.15) is 10.3 Å². The molecule has 118 valence electrons. The van der Waals surface area contributed by atoms with Gasteiger partial charge in [-0.3, -0.25) is 4.79 Å². The highest BCUT2D eigenvalue weighted by Crippen LogP contribution is 2.15. The minimum absolute atomic E-state index is 0.178.